The Kier molecular flexibility index (Phi) is 4.97. The molecule has 26 heavy (non-hydrogen) atoms. The van der Waals surface area contributed by atoms with Crippen LogP contribution in [0.3, 0.4) is 0 Å². The van der Waals surface area contributed by atoms with Crippen LogP contribution >= 0.6 is 0 Å². The van der Waals surface area contributed by atoms with Crippen LogP contribution in [0.25, 0.3) is 10.9 Å². The van der Waals surface area contributed by atoms with Crippen LogP contribution in [0, 0.1) is 5.82 Å². The van der Waals surface area contributed by atoms with Gasteiger partial charge in [-0.25, -0.2) is 22.3 Å². The zero-order valence-corrected chi connectivity index (χ0v) is 14.6. The van der Waals surface area contributed by atoms with Gasteiger partial charge in [0.2, 0.25) is 10.0 Å². The predicted molar refractivity (Wildman–Crippen MR) is 93.5 cm³/mol. The number of nitrogens with zero attached hydrogens (tertiary/aromatic N) is 1. The number of fused-ring (bicyclic) bond motifs is 1. The van der Waals surface area contributed by atoms with Crippen LogP contribution in [0.4, 0.5) is 4.39 Å². The van der Waals surface area contributed by atoms with Gasteiger partial charge in [0, 0.05) is 17.1 Å². The number of halogens is 1. The number of sulfonamides is 1. The number of hydrogen-bond donors (Lipinski definition) is 1. The molecule has 0 spiro atoms. The first-order valence-electron chi connectivity index (χ1n) is 7.65. The quantitative estimate of drug-likeness (QED) is 0.694. The zero-order chi connectivity index (χ0) is 18.7. The van der Waals surface area contributed by atoms with Crippen molar-refractivity contribution in [3.05, 3.63) is 71.7 Å². The SMILES string of the molecule is CNS(=O)(=O)c1ccc(F)c(C(=O)OCc2cccc3cccnc23)c1. The number of carbonyl (C=O) groups is 1. The first kappa shape index (κ1) is 18.0. The summed E-state index contributed by atoms with van der Waals surface area (Å²) in [5, 5.41) is 0.884. The smallest absolute Gasteiger partial charge is 0.341 e. The van der Waals surface area contributed by atoms with Gasteiger partial charge >= 0.3 is 5.97 Å². The van der Waals surface area contributed by atoms with Gasteiger partial charge in [-0.3, -0.25) is 4.98 Å². The molecule has 0 bridgehead atoms. The molecule has 1 N–H and O–H groups in total. The van der Waals surface area contributed by atoms with E-state index in [1.165, 1.54) is 7.05 Å². The molecule has 1 heterocycles. The molecule has 0 aliphatic heterocycles. The lowest BCUT2D eigenvalue weighted by molar-refractivity contribution is 0.0468. The number of rotatable bonds is 5. The second kappa shape index (κ2) is 7.19. The maximum Gasteiger partial charge on any atom is 0.341 e. The van der Waals surface area contributed by atoms with E-state index in [1.807, 2.05) is 12.1 Å². The number of benzene rings is 2. The fourth-order valence-corrected chi connectivity index (χ4v) is 3.21. The van der Waals surface area contributed by atoms with Gasteiger partial charge in [0.15, 0.2) is 0 Å². The molecule has 134 valence electrons. The van der Waals surface area contributed by atoms with Gasteiger partial charge < -0.3 is 4.74 Å². The summed E-state index contributed by atoms with van der Waals surface area (Å²) < 4.78 is 44.9. The molecule has 0 radical (unpaired) electrons. The van der Waals surface area contributed by atoms with Crippen LogP contribution in [0.1, 0.15) is 15.9 Å². The fourth-order valence-electron chi connectivity index (χ4n) is 2.45. The van der Waals surface area contributed by atoms with Crippen LogP contribution in [-0.4, -0.2) is 26.4 Å². The minimum absolute atomic E-state index is 0.115. The van der Waals surface area contributed by atoms with Crippen LogP contribution < -0.4 is 4.72 Å². The number of pyridine rings is 1. The van der Waals surface area contributed by atoms with Crippen molar-refractivity contribution in [2.24, 2.45) is 0 Å². The summed E-state index contributed by atoms with van der Waals surface area (Å²) >= 11 is 0. The summed E-state index contributed by atoms with van der Waals surface area (Å²) in [6.07, 6.45) is 1.62. The van der Waals surface area contributed by atoms with E-state index < -0.39 is 27.4 Å². The highest BCUT2D eigenvalue weighted by Crippen LogP contribution is 2.19. The van der Waals surface area contributed by atoms with Crippen molar-refractivity contribution in [2.75, 3.05) is 7.05 Å². The summed E-state index contributed by atoms with van der Waals surface area (Å²) in [5.41, 5.74) is 0.889. The van der Waals surface area contributed by atoms with E-state index in [-0.39, 0.29) is 11.5 Å². The Bertz CT molecular complexity index is 1080. The van der Waals surface area contributed by atoms with Gasteiger partial charge in [0.05, 0.1) is 16.0 Å². The number of carbonyl (C=O) groups excluding carboxylic acids is 1. The number of para-hydroxylation sites is 1. The lowest BCUT2D eigenvalue weighted by atomic mass is 10.1. The molecule has 0 unspecified atom stereocenters. The number of aromatic nitrogens is 1. The molecule has 0 saturated carbocycles. The molecule has 0 saturated heterocycles. The number of nitrogens with one attached hydrogen (secondary N) is 1. The Morgan fingerprint density at radius 1 is 1.19 bits per heavy atom. The first-order chi connectivity index (χ1) is 12.4. The van der Waals surface area contributed by atoms with Crippen molar-refractivity contribution >= 4 is 26.9 Å². The van der Waals surface area contributed by atoms with Crippen LogP contribution in [0.5, 0.6) is 0 Å². The Hall–Kier alpha value is -2.84. The predicted octanol–water partition coefficient (Wildman–Crippen LogP) is 2.64. The van der Waals surface area contributed by atoms with E-state index in [4.69, 9.17) is 4.74 Å². The second-order valence-corrected chi connectivity index (χ2v) is 7.30. The molecular weight excluding hydrogens is 359 g/mol. The number of esters is 1. The molecule has 0 atom stereocenters. The Labute approximate surface area is 149 Å². The molecule has 6 nitrogen and oxygen atoms in total. The standard InChI is InChI=1S/C18H15FN2O4S/c1-20-26(23,24)14-7-8-16(19)15(10-14)18(22)25-11-13-5-2-4-12-6-3-9-21-17(12)13/h2-10,20H,11H2,1H3. The van der Waals surface area contributed by atoms with Crippen molar-refractivity contribution in [2.45, 2.75) is 11.5 Å². The normalized spacial score (nSPS) is 11.5. The topological polar surface area (TPSA) is 85.4 Å². The maximum absolute atomic E-state index is 14.0. The minimum Gasteiger partial charge on any atom is -0.457 e. The highest BCUT2D eigenvalue weighted by Gasteiger charge is 2.19. The van der Waals surface area contributed by atoms with E-state index in [2.05, 4.69) is 9.71 Å². The minimum atomic E-state index is -3.80. The average Bonchev–Trinajstić information content (AvgIpc) is 2.66. The third kappa shape index (κ3) is 3.56. The van der Waals surface area contributed by atoms with E-state index in [0.29, 0.717) is 11.1 Å². The van der Waals surface area contributed by atoms with Gasteiger partial charge in [-0.1, -0.05) is 24.3 Å². The monoisotopic (exact) mass is 374 g/mol. The fraction of sp³-hybridized carbons (Fsp3) is 0.111. The van der Waals surface area contributed by atoms with Gasteiger partial charge in [0.1, 0.15) is 12.4 Å². The van der Waals surface area contributed by atoms with Crippen molar-refractivity contribution in [3.63, 3.8) is 0 Å². The highest BCUT2D eigenvalue weighted by atomic mass is 32.2. The molecule has 0 aliphatic rings. The molecule has 0 fully saturated rings. The molecule has 3 aromatic rings. The van der Waals surface area contributed by atoms with Crippen molar-refractivity contribution < 1.29 is 22.3 Å². The van der Waals surface area contributed by atoms with Gasteiger partial charge in [-0.15, -0.1) is 0 Å². The molecule has 1 aromatic heterocycles. The number of hydrogen-bond acceptors (Lipinski definition) is 5. The lowest BCUT2D eigenvalue weighted by Crippen LogP contribution is -2.19. The van der Waals surface area contributed by atoms with E-state index in [9.17, 15) is 17.6 Å². The summed E-state index contributed by atoms with van der Waals surface area (Å²) in [4.78, 5) is 16.3. The van der Waals surface area contributed by atoms with Crippen LogP contribution in [-0.2, 0) is 21.4 Å². The summed E-state index contributed by atoms with van der Waals surface area (Å²) in [6.45, 7) is -0.115. The highest BCUT2D eigenvalue weighted by molar-refractivity contribution is 7.89. The van der Waals surface area contributed by atoms with E-state index >= 15 is 0 Å². The van der Waals surface area contributed by atoms with Gasteiger partial charge in [-0.2, -0.15) is 0 Å². The van der Waals surface area contributed by atoms with Gasteiger partial charge in [-0.05, 0) is 31.3 Å². The Morgan fingerprint density at radius 3 is 2.73 bits per heavy atom. The molecular formula is C18H15FN2O4S. The van der Waals surface area contributed by atoms with Crippen LogP contribution in [0.15, 0.2) is 59.6 Å². The van der Waals surface area contributed by atoms with Crippen LogP contribution in [0.2, 0.25) is 0 Å². The molecule has 0 amide bonds. The van der Waals surface area contributed by atoms with Gasteiger partial charge in [0.25, 0.3) is 0 Å². The Balaban J connectivity index is 1.85. The third-order valence-corrected chi connectivity index (χ3v) is 5.22. The van der Waals surface area contributed by atoms with E-state index in [1.54, 1.807) is 24.4 Å². The Morgan fingerprint density at radius 2 is 1.96 bits per heavy atom. The summed E-state index contributed by atoms with van der Waals surface area (Å²) in [5.74, 6) is -1.82. The summed E-state index contributed by atoms with van der Waals surface area (Å²) in [7, 11) is -2.57. The average molecular weight is 374 g/mol. The van der Waals surface area contributed by atoms with Crippen molar-refractivity contribution in [1.82, 2.24) is 9.71 Å². The first-order valence-corrected chi connectivity index (χ1v) is 9.13. The molecule has 0 aliphatic carbocycles. The van der Waals surface area contributed by atoms with Crippen molar-refractivity contribution in [3.8, 4) is 0 Å². The zero-order valence-electron chi connectivity index (χ0n) is 13.8. The third-order valence-electron chi connectivity index (χ3n) is 3.81. The maximum atomic E-state index is 14.0. The molecule has 3 rings (SSSR count). The van der Waals surface area contributed by atoms with Crippen molar-refractivity contribution in [1.29, 1.82) is 0 Å². The lowest BCUT2D eigenvalue weighted by Gasteiger charge is -2.09. The number of ether oxygens (including phenoxy) is 1. The molecule has 2 aromatic carbocycles. The van der Waals surface area contributed by atoms with E-state index in [0.717, 1.165) is 23.6 Å². The summed E-state index contributed by atoms with van der Waals surface area (Å²) in [6, 6.07) is 12.0. The molecule has 8 heteroatoms. The second-order valence-electron chi connectivity index (χ2n) is 5.42. The largest absolute Gasteiger partial charge is 0.457 e.